The van der Waals surface area contributed by atoms with E-state index in [1.54, 1.807) is 7.05 Å². The molecule has 1 saturated carbocycles. The van der Waals surface area contributed by atoms with Gasteiger partial charge in [0, 0.05) is 20.1 Å². The van der Waals surface area contributed by atoms with Crippen LogP contribution in [0.1, 0.15) is 33.1 Å². The Morgan fingerprint density at radius 3 is 2.61 bits per heavy atom. The maximum Gasteiger partial charge on any atom is 0.279 e. The van der Waals surface area contributed by atoms with Crippen LogP contribution < -0.4 is 10.0 Å². The van der Waals surface area contributed by atoms with Gasteiger partial charge >= 0.3 is 0 Å². The van der Waals surface area contributed by atoms with E-state index in [1.807, 2.05) is 6.92 Å². The molecule has 1 rings (SSSR count). The molecule has 0 aromatic heterocycles. The van der Waals surface area contributed by atoms with E-state index in [9.17, 15) is 8.42 Å². The van der Waals surface area contributed by atoms with E-state index in [-0.39, 0.29) is 0 Å². The third-order valence-electron chi connectivity index (χ3n) is 3.50. The molecule has 1 unspecified atom stereocenters. The van der Waals surface area contributed by atoms with Crippen LogP contribution >= 0.6 is 0 Å². The quantitative estimate of drug-likeness (QED) is 0.581. The highest BCUT2D eigenvalue weighted by Gasteiger charge is 2.29. The van der Waals surface area contributed by atoms with Crippen LogP contribution in [0.25, 0.3) is 0 Å². The Labute approximate surface area is 112 Å². The average Bonchev–Trinajstić information content (AvgIpc) is 3.15. The number of hydrogen-bond donors (Lipinski definition) is 2. The van der Waals surface area contributed by atoms with Crippen molar-refractivity contribution in [2.24, 2.45) is 11.8 Å². The van der Waals surface area contributed by atoms with E-state index in [2.05, 4.69) is 17.0 Å². The van der Waals surface area contributed by atoms with Crippen molar-refractivity contribution in [3.63, 3.8) is 0 Å². The highest BCUT2D eigenvalue weighted by molar-refractivity contribution is 7.87. The molecule has 0 bridgehead atoms. The molecule has 108 valence electrons. The van der Waals surface area contributed by atoms with E-state index < -0.39 is 10.2 Å². The second kappa shape index (κ2) is 7.43. The van der Waals surface area contributed by atoms with Crippen molar-refractivity contribution >= 4 is 10.2 Å². The van der Waals surface area contributed by atoms with Gasteiger partial charge in [0.15, 0.2) is 0 Å². The molecule has 0 aromatic rings. The fourth-order valence-corrected chi connectivity index (χ4v) is 2.97. The first-order chi connectivity index (χ1) is 8.47. The summed E-state index contributed by atoms with van der Waals surface area (Å²) < 4.78 is 28.0. The van der Waals surface area contributed by atoms with Gasteiger partial charge in [-0.15, -0.1) is 0 Å². The standard InChI is InChI=1S/C12H27N3O2S/c1-4-13-8-5-9-15(3)18(16,17)14-10-11(2)12-6-7-12/h11-14H,4-10H2,1-3H3. The monoisotopic (exact) mass is 277 g/mol. The van der Waals surface area contributed by atoms with Gasteiger partial charge < -0.3 is 5.32 Å². The lowest BCUT2D eigenvalue weighted by Crippen LogP contribution is -2.41. The van der Waals surface area contributed by atoms with Crippen LogP contribution in [0.15, 0.2) is 0 Å². The Hall–Kier alpha value is -0.170. The number of rotatable bonds is 10. The second-order valence-electron chi connectivity index (χ2n) is 5.20. The first-order valence-electron chi connectivity index (χ1n) is 6.89. The van der Waals surface area contributed by atoms with E-state index in [0.29, 0.717) is 19.0 Å². The molecule has 1 aliphatic rings. The minimum atomic E-state index is -3.29. The van der Waals surface area contributed by atoms with Crippen LogP contribution in [0, 0.1) is 11.8 Å². The van der Waals surface area contributed by atoms with Gasteiger partial charge in [0.05, 0.1) is 0 Å². The van der Waals surface area contributed by atoms with Crippen molar-refractivity contribution < 1.29 is 8.42 Å². The van der Waals surface area contributed by atoms with Crippen molar-refractivity contribution in [3.05, 3.63) is 0 Å². The molecule has 0 heterocycles. The van der Waals surface area contributed by atoms with Crippen molar-refractivity contribution in [1.29, 1.82) is 0 Å². The summed E-state index contributed by atoms with van der Waals surface area (Å²) in [6.45, 7) is 7.06. The van der Waals surface area contributed by atoms with Crippen molar-refractivity contribution in [1.82, 2.24) is 14.3 Å². The van der Waals surface area contributed by atoms with Gasteiger partial charge in [0.25, 0.3) is 10.2 Å². The molecule has 2 N–H and O–H groups in total. The first-order valence-corrected chi connectivity index (χ1v) is 8.33. The lowest BCUT2D eigenvalue weighted by molar-refractivity contribution is 0.431. The Morgan fingerprint density at radius 2 is 2.06 bits per heavy atom. The molecule has 6 heteroatoms. The van der Waals surface area contributed by atoms with Crippen LogP contribution in [-0.4, -0.2) is 45.9 Å². The van der Waals surface area contributed by atoms with Crippen LogP contribution in [0.3, 0.4) is 0 Å². The molecule has 1 aliphatic carbocycles. The van der Waals surface area contributed by atoms with Gasteiger partial charge in [-0.3, -0.25) is 0 Å². The summed E-state index contributed by atoms with van der Waals surface area (Å²) in [6.07, 6.45) is 3.34. The average molecular weight is 277 g/mol. The van der Waals surface area contributed by atoms with E-state index in [4.69, 9.17) is 0 Å². The van der Waals surface area contributed by atoms with Gasteiger partial charge in [0.1, 0.15) is 0 Å². The van der Waals surface area contributed by atoms with Gasteiger partial charge in [0.2, 0.25) is 0 Å². The normalized spacial score (nSPS) is 18.2. The van der Waals surface area contributed by atoms with E-state index in [0.717, 1.165) is 25.4 Å². The molecule has 0 spiro atoms. The largest absolute Gasteiger partial charge is 0.317 e. The predicted octanol–water partition coefficient (Wildman–Crippen LogP) is 0.798. The maximum atomic E-state index is 11.9. The number of nitrogens with zero attached hydrogens (tertiary/aromatic N) is 1. The lowest BCUT2D eigenvalue weighted by Gasteiger charge is -2.19. The minimum absolute atomic E-state index is 0.454. The van der Waals surface area contributed by atoms with Crippen molar-refractivity contribution in [2.45, 2.75) is 33.1 Å². The molecule has 1 atom stereocenters. The Kier molecular flexibility index (Phi) is 6.55. The Balaban J connectivity index is 2.23. The summed E-state index contributed by atoms with van der Waals surface area (Å²) in [4.78, 5) is 0. The topological polar surface area (TPSA) is 61.4 Å². The number of hydrogen-bond acceptors (Lipinski definition) is 3. The maximum absolute atomic E-state index is 11.9. The van der Waals surface area contributed by atoms with Crippen molar-refractivity contribution in [3.8, 4) is 0 Å². The molecule has 18 heavy (non-hydrogen) atoms. The predicted molar refractivity (Wildman–Crippen MR) is 74.6 cm³/mol. The highest BCUT2D eigenvalue weighted by atomic mass is 32.2. The highest BCUT2D eigenvalue weighted by Crippen LogP contribution is 2.36. The summed E-state index contributed by atoms with van der Waals surface area (Å²) in [7, 11) is -1.66. The first kappa shape index (κ1) is 15.9. The third-order valence-corrected chi connectivity index (χ3v) is 5.04. The minimum Gasteiger partial charge on any atom is -0.317 e. The van der Waals surface area contributed by atoms with Gasteiger partial charge in [-0.2, -0.15) is 12.7 Å². The second-order valence-corrected chi connectivity index (χ2v) is 7.06. The van der Waals surface area contributed by atoms with Gasteiger partial charge in [-0.1, -0.05) is 13.8 Å². The van der Waals surface area contributed by atoms with E-state index in [1.165, 1.54) is 17.1 Å². The summed E-state index contributed by atoms with van der Waals surface area (Å²) in [6, 6.07) is 0. The molecular weight excluding hydrogens is 250 g/mol. The molecule has 1 fully saturated rings. The molecule has 5 nitrogen and oxygen atoms in total. The third kappa shape index (κ3) is 5.65. The summed E-state index contributed by atoms with van der Waals surface area (Å²) in [5.74, 6) is 1.18. The van der Waals surface area contributed by atoms with Crippen molar-refractivity contribution in [2.75, 3.05) is 33.2 Å². The van der Waals surface area contributed by atoms with E-state index >= 15 is 0 Å². The van der Waals surface area contributed by atoms with Gasteiger partial charge in [-0.05, 0) is 44.2 Å². The molecule has 0 aromatic carbocycles. The molecular formula is C12H27N3O2S. The van der Waals surface area contributed by atoms with Crippen LogP contribution in [-0.2, 0) is 10.2 Å². The lowest BCUT2D eigenvalue weighted by atomic mass is 10.1. The zero-order chi connectivity index (χ0) is 13.6. The van der Waals surface area contributed by atoms with Gasteiger partial charge in [-0.25, -0.2) is 4.72 Å². The molecule has 0 radical (unpaired) electrons. The Bertz CT molecular complexity index is 328. The SMILES string of the molecule is CCNCCCN(C)S(=O)(=O)NCC(C)C1CC1. The summed E-state index contributed by atoms with van der Waals surface area (Å²) >= 11 is 0. The van der Waals surface area contributed by atoms with Crippen LogP contribution in [0.4, 0.5) is 0 Å². The van der Waals surface area contributed by atoms with Crippen LogP contribution in [0.2, 0.25) is 0 Å². The molecule has 0 saturated heterocycles. The number of nitrogens with one attached hydrogen (secondary N) is 2. The smallest absolute Gasteiger partial charge is 0.279 e. The fourth-order valence-electron chi connectivity index (χ4n) is 1.90. The zero-order valence-corrected chi connectivity index (χ0v) is 12.6. The summed E-state index contributed by atoms with van der Waals surface area (Å²) in [5, 5.41) is 3.19. The summed E-state index contributed by atoms with van der Waals surface area (Å²) in [5.41, 5.74) is 0. The fraction of sp³-hybridized carbons (Fsp3) is 1.00. The molecule has 0 amide bonds. The van der Waals surface area contributed by atoms with Crippen LogP contribution in [0.5, 0.6) is 0 Å². The zero-order valence-electron chi connectivity index (χ0n) is 11.8. The molecule has 0 aliphatic heterocycles. The Morgan fingerprint density at radius 1 is 1.39 bits per heavy atom.